The summed E-state index contributed by atoms with van der Waals surface area (Å²) in [5.41, 5.74) is 4.45. The normalized spacial score (nSPS) is 15.8. The number of rotatable bonds is 5. The highest BCUT2D eigenvalue weighted by Crippen LogP contribution is 2.25. The van der Waals surface area contributed by atoms with Crippen LogP contribution >= 0.6 is 11.8 Å². The number of fused-ring (bicyclic) bond motifs is 1. The van der Waals surface area contributed by atoms with Crippen LogP contribution in [0.1, 0.15) is 31.0 Å². The molecular formula is C20H26N6S. The summed E-state index contributed by atoms with van der Waals surface area (Å²) in [7, 11) is 0. The van der Waals surface area contributed by atoms with Crippen LogP contribution < -0.4 is 4.90 Å². The predicted octanol–water partition coefficient (Wildman–Crippen LogP) is 3.29. The lowest BCUT2D eigenvalue weighted by molar-refractivity contribution is 0.250. The molecule has 142 valence electrons. The molecule has 1 aliphatic heterocycles. The van der Waals surface area contributed by atoms with E-state index in [1.54, 1.807) is 18.1 Å². The van der Waals surface area contributed by atoms with Crippen LogP contribution in [0.5, 0.6) is 0 Å². The topological polar surface area (TPSA) is 49.6 Å². The van der Waals surface area contributed by atoms with Crippen LogP contribution in [0.2, 0.25) is 0 Å². The van der Waals surface area contributed by atoms with E-state index in [2.05, 4.69) is 75.5 Å². The van der Waals surface area contributed by atoms with E-state index < -0.39 is 0 Å². The number of benzene rings is 1. The molecule has 3 heterocycles. The zero-order valence-electron chi connectivity index (χ0n) is 16.2. The molecule has 6 nitrogen and oxygen atoms in total. The van der Waals surface area contributed by atoms with Gasteiger partial charge in [0.1, 0.15) is 6.33 Å². The molecule has 2 aromatic heterocycles. The molecule has 27 heavy (non-hydrogen) atoms. The summed E-state index contributed by atoms with van der Waals surface area (Å²) < 4.78 is 1.81. The van der Waals surface area contributed by atoms with Crippen molar-refractivity contribution in [2.24, 2.45) is 0 Å². The summed E-state index contributed by atoms with van der Waals surface area (Å²) in [5, 5.41) is 13.0. The average Bonchev–Trinajstić information content (AvgIpc) is 3.17. The number of hydrogen-bond donors (Lipinski definition) is 0. The number of anilines is 1. The maximum absolute atomic E-state index is 4.63. The molecule has 0 saturated carbocycles. The minimum atomic E-state index is 0.376. The third-order valence-corrected chi connectivity index (χ3v) is 5.88. The van der Waals surface area contributed by atoms with Crippen LogP contribution in [-0.2, 0) is 6.54 Å². The second-order valence-corrected chi connectivity index (χ2v) is 8.20. The molecule has 0 radical (unpaired) electrons. The van der Waals surface area contributed by atoms with Gasteiger partial charge in [-0.25, -0.2) is 0 Å². The van der Waals surface area contributed by atoms with Crippen molar-refractivity contribution in [2.45, 2.75) is 31.2 Å². The van der Waals surface area contributed by atoms with Gasteiger partial charge < -0.3 is 4.90 Å². The van der Waals surface area contributed by atoms with Crippen LogP contribution in [0.25, 0.3) is 5.65 Å². The Morgan fingerprint density at radius 3 is 2.48 bits per heavy atom. The monoisotopic (exact) mass is 382 g/mol. The quantitative estimate of drug-likeness (QED) is 0.631. The molecule has 7 heteroatoms. The highest BCUT2D eigenvalue weighted by molar-refractivity contribution is 7.98. The van der Waals surface area contributed by atoms with Gasteiger partial charge in [0.2, 0.25) is 5.65 Å². The van der Waals surface area contributed by atoms with Gasteiger partial charge in [-0.1, -0.05) is 26.0 Å². The van der Waals surface area contributed by atoms with Crippen molar-refractivity contribution in [3.63, 3.8) is 0 Å². The van der Waals surface area contributed by atoms with E-state index in [9.17, 15) is 0 Å². The number of aromatic nitrogens is 4. The van der Waals surface area contributed by atoms with Crippen molar-refractivity contribution in [2.75, 3.05) is 37.3 Å². The standard InChI is InChI=1S/C20H26N6S/c1-15(2)18-12-19(20-22-21-14-26(20)23-18)25-10-8-24(9-11-25)13-16-4-6-17(27-3)7-5-16/h4-7,12,14-15H,8-11,13H2,1-3H3. The molecule has 0 bridgehead atoms. The third kappa shape index (κ3) is 3.94. The summed E-state index contributed by atoms with van der Waals surface area (Å²) in [4.78, 5) is 6.26. The smallest absolute Gasteiger partial charge is 0.200 e. The van der Waals surface area contributed by atoms with E-state index in [4.69, 9.17) is 0 Å². The molecular weight excluding hydrogens is 356 g/mol. The van der Waals surface area contributed by atoms with Crippen LogP contribution in [0, 0.1) is 0 Å². The van der Waals surface area contributed by atoms with Gasteiger partial charge in [-0.3, -0.25) is 4.90 Å². The minimum absolute atomic E-state index is 0.376. The second kappa shape index (κ2) is 7.86. The van der Waals surface area contributed by atoms with Gasteiger partial charge in [0.25, 0.3) is 0 Å². The lowest BCUT2D eigenvalue weighted by atomic mass is 10.1. The molecule has 1 saturated heterocycles. The highest BCUT2D eigenvalue weighted by Gasteiger charge is 2.21. The first-order valence-corrected chi connectivity index (χ1v) is 10.7. The molecule has 0 unspecified atom stereocenters. The van der Waals surface area contributed by atoms with Crippen LogP contribution in [0.3, 0.4) is 0 Å². The highest BCUT2D eigenvalue weighted by atomic mass is 32.2. The summed E-state index contributed by atoms with van der Waals surface area (Å²) in [6.45, 7) is 9.43. The second-order valence-electron chi connectivity index (χ2n) is 7.32. The van der Waals surface area contributed by atoms with Crippen molar-refractivity contribution in [1.29, 1.82) is 0 Å². The maximum Gasteiger partial charge on any atom is 0.200 e. The fourth-order valence-corrected chi connectivity index (χ4v) is 3.89. The van der Waals surface area contributed by atoms with Crippen molar-refractivity contribution >= 4 is 23.1 Å². The summed E-state index contributed by atoms with van der Waals surface area (Å²) in [6.07, 6.45) is 3.81. The first-order chi connectivity index (χ1) is 13.1. The summed E-state index contributed by atoms with van der Waals surface area (Å²) in [5.74, 6) is 0.376. The minimum Gasteiger partial charge on any atom is -0.366 e. The number of hydrogen-bond acceptors (Lipinski definition) is 6. The first-order valence-electron chi connectivity index (χ1n) is 9.45. The lowest BCUT2D eigenvalue weighted by Gasteiger charge is -2.36. The van der Waals surface area contributed by atoms with E-state index in [0.29, 0.717) is 5.92 Å². The van der Waals surface area contributed by atoms with E-state index in [-0.39, 0.29) is 0 Å². The zero-order chi connectivity index (χ0) is 18.8. The summed E-state index contributed by atoms with van der Waals surface area (Å²) in [6, 6.07) is 11.1. The third-order valence-electron chi connectivity index (χ3n) is 5.14. The summed E-state index contributed by atoms with van der Waals surface area (Å²) >= 11 is 1.79. The molecule has 3 aromatic rings. The van der Waals surface area contributed by atoms with Gasteiger partial charge in [0, 0.05) is 37.6 Å². The Bertz CT molecular complexity index is 896. The average molecular weight is 383 g/mol. The fourth-order valence-electron chi connectivity index (χ4n) is 3.48. The molecule has 1 fully saturated rings. The van der Waals surface area contributed by atoms with Gasteiger partial charge in [0.05, 0.1) is 11.4 Å². The number of thioether (sulfide) groups is 1. The van der Waals surface area contributed by atoms with Crippen LogP contribution in [0.15, 0.2) is 41.6 Å². The van der Waals surface area contributed by atoms with Crippen LogP contribution in [0.4, 0.5) is 5.69 Å². The van der Waals surface area contributed by atoms with Gasteiger partial charge in [0.15, 0.2) is 0 Å². The number of nitrogens with zero attached hydrogens (tertiary/aromatic N) is 6. The largest absolute Gasteiger partial charge is 0.366 e. The molecule has 0 spiro atoms. The predicted molar refractivity (Wildman–Crippen MR) is 111 cm³/mol. The SMILES string of the molecule is CSc1ccc(CN2CCN(c3cc(C(C)C)nn4cnnc34)CC2)cc1. The van der Waals surface area contributed by atoms with Crippen molar-refractivity contribution in [1.82, 2.24) is 24.7 Å². The Labute approximate surface area is 164 Å². The number of piperazine rings is 1. The van der Waals surface area contributed by atoms with Crippen molar-refractivity contribution in [3.05, 3.63) is 47.9 Å². The Morgan fingerprint density at radius 1 is 1.07 bits per heavy atom. The van der Waals surface area contributed by atoms with Gasteiger partial charge in [-0.15, -0.1) is 22.0 Å². The molecule has 0 N–H and O–H groups in total. The van der Waals surface area contributed by atoms with Gasteiger partial charge in [-0.2, -0.15) is 9.61 Å². The molecule has 4 rings (SSSR count). The molecule has 1 aliphatic rings. The zero-order valence-corrected chi connectivity index (χ0v) is 17.0. The molecule has 0 aliphatic carbocycles. The van der Waals surface area contributed by atoms with E-state index >= 15 is 0 Å². The van der Waals surface area contributed by atoms with Crippen molar-refractivity contribution < 1.29 is 0 Å². The lowest BCUT2D eigenvalue weighted by Crippen LogP contribution is -2.46. The molecule has 1 aromatic carbocycles. The molecule has 0 amide bonds. The van der Waals surface area contributed by atoms with E-state index in [1.165, 1.54) is 10.5 Å². The fraction of sp³-hybridized carbons (Fsp3) is 0.450. The first kappa shape index (κ1) is 18.3. The maximum atomic E-state index is 4.63. The molecule has 0 atom stereocenters. The van der Waals surface area contributed by atoms with E-state index in [0.717, 1.165) is 49.8 Å². The van der Waals surface area contributed by atoms with Gasteiger partial charge >= 0.3 is 0 Å². The van der Waals surface area contributed by atoms with Gasteiger partial charge in [-0.05, 0) is 35.9 Å². The Morgan fingerprint density at radius 2 is 1.81 bits per heavy atom. The Hall–Kier alpha value is -2.12. The van der Waals surface area contributed by atoms with Crippen LogP contribution in [-0.4, -0.2) is 57.1 Å². The Kier molecular flexibility index (Phi) is 5.31. The van der Waals surface area contributed by atoms with E-state index in [1.807, 2.05) is 4.52 Å². The Balaban J connectivity index is 1.46. The van der Waals surface area contributed by atoms with Crippen molar-refractivity contribution in [3.8, 4) is 0 Å².